The molecule has 0 radical (unpaired) electrons. The van der Waals surface area contributed by atoms with E-state index in [9.17, 15) is 4.79 Å². The molecule has 1 heterocycles. The first-order valence-corrected chi connectivity index (χ1v) is 9.25. The first-order valence-electron chi connectivity index (χ1n) is 9.25. The number of aryl methyl sites for hydroxylation is 1. The number of hydrogen-bond donors (Lipinski definition) is 2. The van der Waals surface area contributed by atoms with E-state index in [2.05, 4.69) is 25.8 Å². The van der Waals surface area contributed by atoms with Gasteiger partial charge in [0.2, 0.25) is 0 Å². The summed E-state index contributed by atoms with van der Waals surface area (Å²) < 4.78 is 1.98. The predicted octanol–water partition coefficient (Wildman–Crippen LogP) is 2.13. The molecule has 0 unspecified atom stereocenters. The molecule has 1 aromatic heterocycles. The molecule has 0 fully saturated rings. The van der Waals surface area contributed by atoms with E-state index in [0.717, 1.165) is 44.0 Å². The Morgan fingerprint density at radius 2 is 1.79 bits per heavy atom. The molecule has 9 heteroatoms. The van der Waals surface area contributed by atoms with E-state index in [-0.39, 0.29) is 29.9 Å². The van der Waals surface area contributed by atoms with E-state index in [0.29, 0.717) is 12.1 Å². The van der Waals surface area contributed by atoms with Gasteiger partial charge in [0.05, 0.1) is 6.54 Å². The van der Waals surface area contributed by atoms with E-state index in [1.165, 1.54) is 0 Å². The molecule has 0 bridgehead atoms. The quantitative estimate of drug-likeness (QED) is 0.239. The highest BCUT2D eigenvalue weighted by Crippen LogP contribution is 2.07. The van der Waals surface area contributed by atoms with Crippen LogP contribution in [0, 0.1) is 0 Å². The number of aliphatic imine (C=N–C) groups is 1. The van der Waals surface area contributed by atoms with Crippen LogP contribution in [0.25, 0.3) is 0 Å². The first kappa shape index (κ1) is 23.9. The number of guanidine groups is 1. The van der Waals surface area contributed by atoms with Gasteiger partial charge in [-0.1, -0.05) is 12.1 Å². The highest BCUT2D eigenvalue weighted by molar-refractivity contribution is 14.0. The fourth-order valence-corrected chi connectivity index (χ4v) is 2.49. The standard InChI is InChI=1S/C19H29N7O.HI/c1-4-20-19(21-11-5-6-12-26-14-23-24-15-26)22-13-16-7-9-17(10-8-16)18(27)25(2)3;/h7-10,14-15H,4-6,11-13H2,1-3H3,(H2,20,21,22);1H. The van der Waals surface area contributed by atoms with Crippen LogP contribution in [0.3, 0.4) is 0 Å². The fourth-order valence-electron chi connectivity index (χ4n) is 2.49. The van der Waals surface area contributed by atoms with Gasteiger partial charge < -0.3 is 20.1 Å². The third kappa shape index (κ3) is 8.24. The number of hydrogen-bond acceptors (Lipinski definition) is 4. The number of nitrogens with zero attached hydrogens (tertiary/aromatic N) is 5. The summed E-state index contributed by atoms with van der Waals surface area (Å²) in [5, 5.41) is 14.2. The predicted molar refractivity (Wildman–Crippen MR) is 122 cm³/mol. The Hall–Kier alpha value is -2.17. The van der Waals surface area contributed by atoms with Crippen molar-refractivity contribution in [2.45, 2.75) is 32.9 Å². The van der Waals surface area contributed by atoms with E-state index >= 15 is 0 Å². The van der Waals surface area contributed by atoms with Crippen molar-refractivity contribution in [3.63, 3.8) is 0 Å². The van der Waals surface area contributed by atoms with E-state index in [1.54, 1.807) is 31.6 Å². The summed E-state index contributed by atoms with van der Waals surface area (Å²) in [6.45, 7) is 5.19. The van der Waals surface area contributed by atoms with Crippen molar-refractivity contribution in [3.8, 4) is 0 Å². The van der Waals surface area contributed by atoms with Crippen LogP contribution in [0.15, 0.2) is 41.9 Å². The third-order valence-corrected chi connectivity index (χ3v) is 3.97. The van der Waals surface area contributed by atoms with E-state index in [4.69, 9.17) is 0 Å². The molecule has 154 valence electrons. The highest BCUT2D eigenvalue weighted by Gasteiger charge is 2.07. The zero-order valence-electron chi connectivity index (χ0n) is 16.8. The molecule has 0 saturated carbocycles. The minimum absolute atomic E-state index is 0. The summed E-state index contributed by atoms with van der Waals surface area (Å²) in [5.41, 5.74) is 1.75. The van der Waals surface area contributed by atoms with Crippen LogP contribution in [-0.2, 0) is 13.1 Å². The molecule has 0 aliphatic carbocycles. The summed E-state index contributed by atoms with van der Waals surface area (Å²) >= 11 is 0. The van der Waals surface area contributed by atoms with Gasteiger partial charge >= 0.3 is 0 Å². The maximum Gasteiger partial charge on any atom is 0.253 e. The average Bonchev–Trinajstić information content (AvgIpc) is 3.19. The molecular weight excluding hydrogens is 469 g/mol. The number of carbonyl (C=O) groups excluding carboxylic acids is 1. The minimum Gasteiger partial charge on any atom is -0.357 e. The van der Waals surface area contributed by atoms with Crippen LogP contribution in [0.1, 0.15) is 35.7 Å². The molecule has 0 aliphatic rings. The van der Waals surface area contributed by atoms with Gasteiger partial charge in [-0.2, -0.15) is 0 Å². The lowest BCUT2D eigenvalue weighted by Gasteiger charge is -2.12. The molecule has 28 heavy (non-hydrogen) atoms. The molecule has 8 nitrogen and oxygen atoms in total. The number of carbonyl (C=O) groups is 1. The number of aromatic nitrogens is 3. The minimum atomic E-state index is 0. The van der Waals surface area contributed by atoms with Crippen LogP contribution in [0.2, 0.25) is 0 Å². The zero-order chi connectivity index (χ0) is 19.5. The van der Waals surface area contributed by atoms with Crippen LogP contribution < -0.4 is 10.6 Å². The van der Waals surface area contributed by atoms with Gasteiger partial charge in [-0.25, -0.2) is 4.99 Å². The summed E-state index contributed by atoms with van der Waals surface area (Å²) in [6.07, 6.45) is 5.54. The summed E-state index contributed by atoms with van der Waals surface area (Å²) in [7, 11) is 3.50. The second-order valence-corrected chi connectivity index (χ2v) is 6.43. The maximum absolute atomic E-state index is 11.9. The summed E-state index contributed by atoms with van der Waals surface area (Å²) in [5.74, 6) is 0.807. The molecular formula is C19H30IN7O. The van der Waals surface area contributed by atoms with Gasteiger partial charge in [0, 0.05) is 39.3 Å². The Morgan fingerprint density at radius 3 is 2.39 bits per heavy atom. The number of amides is 1. The molecule has 2 N–H and O–H groups in total. The lowest BCUT2D eigenvalue weighted by Crippen LogP contribution is -2.37. The lowest BCUT2D eigenvalue weighted by atomic mass is 10.1. The molecule has 0 atom stereocenters. The largest absolute Gasteiger partial charge is 0.357 e. The molecule has 1 aromatic carbocycles. The fraction of sp³-hybridized carbons (Fsp3) is 0.474. The third-order valence-electron chi connectivity index (χ3n) is 3.97. The Kier molecular flexibility index (Phi) is 11.2. The normalized spacial score (nSPS) is 10.9. The van der Waals surface area contributed by atoms with Crippen molar-refractivity contribution in [2.24, 2.45) is 4.99 Å². The molecule has 1 amide bonds. The SMILES string of the molecule is CCNC(=NCc1ccc(C(=O)N(C)C)cc1)NCCCCn1cnnc1.I. The van der Waals surface area contributed by atoms with Crippen molar-refractivity contribution in [1.82, 2.24) is 30.3 Å². The van der Waals surface area contributed by atoms with Crippen molar-refractivity contribution < 1.29 is 4.79 Å². The van der Waals surface area contributed by atoms with Crippen LogP contribution in [0.5, 0.6) is 0 Å². The number of halogens is 1. The Labute approximate surface area is 183 Å². The lowest BCUT2D eigenvalue weighted by molar-refractivity contribution is 0.0827. The molecule has 2 rings (SSSR count). The summed E-state index contributed by atoms with van der Waals surface area (Å²) in [6, 6.07) is 7.59. The van der Waals surface area contributed by atoms with Gasteiger partial charge in [-0.3, -0.25) is 4.79 Å². The zero-order valence-corrected chi connectivity index (χ0v) is 19.1. The van der Waals surface area contributed by atoms with Crippen molar-refractivity contribution >= 4 is 35.8 Å². The molecule has 2 aromatic rings. The number of rotatable bonds is 9. The summed E-state index contributed by atoms with van der Waals surface area (Å²) in [4.78, 5) is 18.1. The van der Waals surface area contributed by atoms with Crippen molar-refractivity contribution in [3.05, 3.63) is 48.0 Å². The Balaban J connectivity index is 0.00000392. The van der Waals surface area contributed by atoms with Crippen LogP contribution in [0.4, 0.5) is 0 Å². The smallest absolute Gasteiger partial charge is 0.253 e. The molecule has 0 spiro atoms. The number of benzene rings is 1. The first-order chi connectivity index (χ1) is 13.1. The average molecular weight is 499 g/mol. The maximum atomic E-state index is 11.9. The van der Waals surface area contributed by atoms with Gasteiger partial charge in [0.1, 0.15) is 12.7 Å². The molecule has 0 aliphatic heterocycles. The van der Waals surface area contributed by atoms with Crippen LogP contribution in [-0.4, -0.2) is 58.7 Å². The van der Waals surface area contributed by atoms with Crippen molar-refractivity contribution in [2.75, 3.05) is 27.2 Å². The highest BCUT2D eigenvalue weighted by atomic mass is 127. The number of unbranched alkanes of at least 4 members (excludes halogenated alkanes) is 1. The van der Waals surface area contributed by atoms with E-state index in [1.807, 2.05) is 35.8 Å². The molecule has 0 saturated heterocycles. The van der Waals surface area contributed by atoms with Gasteiger partial charge in [-0.05, 0) is 37.5 Å². The van der Waals surface area contributed by atoms with Gasteiger partial charge in [-0.15, -0.1) is 34.2 Å². The Bertz CT molecular complexity index is 714. The van der Waals surface area contributed by atoms with Gasteiger partial charge in [0.25, 0.3) is 5.91 Å². The number of nitrogens with one attached hydrogen (secondary N) is 2. The van der Waals surface area contributed by atoms with Crippen molar-refractivity contribution in [1.29, 1.82) is 0 Å². The second-order valence-electron chi connectivity index (χ2n) is 6.43. The monoisotopic (exact) mass is 499 g/mol. The van der Waals surface area contributed by atoms with Gasteiger partial charge in [0.15, 0.2) is 5.96 Å². The Morgan fingerprint density at radius 1 is 1.11 bits per heavy atom. The van der Waals surface area contributed by atoms with Crippen LogP contribution >= 0.6 is 24.0 Å². The second kappa shape index (κ2) is 13.1. The van der Waals surface area contributed by atoms with E-state index < -0.39 is 0 Å². The topological polar surface area (TPSA) is 87.4 Å².